The lowest BCUT2D eigenvalue weighted by Crippen LogP contribution is -2.44. The van der Waals surface area contributed by atoms with Crippen molar-refractivity contribution in [2.75, 3.05) is 31.1 Å². The molecule has 1 aromatic rings. The van der Waals surface area contributed by atoms with Crippen molar-refractivity contribution in [2.45, 2.75) is 51.4 Å². The third kappa shape index (κ3) is 4.27. The number of carbonyl (C=O) groups excluding carboxylic acids is 1. The maximum absolute atomic E-state index is 14.4. The van der Waals surface area contributed by atoms with Crippen LogP contribution in [0.3, 0.4) is 0 Å². The van der Waals surface area contributed by atoms with E-state index in [1.54, 1.807) is 4.90 Å². The Morgan fingerprint density at radius 2 is 1.85 bits per heavy atom. The number of nitrogens with zero attached hydrogens (tertiary/aromatic N) is 4. The Kier molecular flexibility index (Phi) is 5.67. The van der Waals surface area contributed by atoms with E-state index in [9.17, 15) is 18.0 Å². The molecule has 0 radical (unpaired) electrons. The maximum atomic E-state index is 14.4. The van der Waals surface area contributed by atoms with Crippen LogP contribution in [-0.4, -0.2) is 52.9 Å². The highest BCUT2D eigenvalue weighted by atomic mass is 19.3. The zero-order valence-electron chi connectivity index (χ0n) is 15.1. The second kappa shape index (κ2) is 7.80. The van der Waals surface area contributed by atoms with E-state index >= 15 is 0 Å². The summed E-state index contributed by atoms with van der Waals surface area (Å²) in [6.45, 7) is 3.39. The quantitative estimate of drug-likeness (QED) is 0.817. The minimum Gasteiger partial charge on any atom is -0.354 e. The van der Waals surface area contributed by atoms with Crippen LogP contribution in [0, 0.1) is 11.7 Å². The summed E-state index contributed by atoms with van der Waals surface area (Å²) < 4.78 is 40.8. The standard InChI is InChI=1S/C18H25F3N4O/c1-2-14-16(19)17(23-12-22-14)25-7-3-13(4-8-25)11-15(26)24-9-5-18(20,21)6-10-24/h12-13H,2-11H2,1H3. The number of anilines is 1. The molecular formula is C18H25F3N4O. The molecule has 26 heavy (non-hydrogen) atoms. The summed E-state index contributed by atoms with van der Waals surface area (Å²) in [5.41, 5.74) is 0.411. The van der Waals surface area contributed by atoms with Gasteiger partial charge >= 0.3 is 0 Å². The molecule has 144 valence electrons. The molecule has 2 aliphatic rings. The van der Waals surface area contributed by atoms with E-state index < -0.39 is 5.92 Å². The lowest BCUT2D eigenvalue weighted by atomic mass is 9.92. The Bertz CT molecular complexity index is 637. The highest BCUT2D eigenvalue weighted by molar-refractivity contribution is 5.76. The van der Waals surface area contributed by atoms with Crippen LogP contribution in [0.25, 0.3) is 0 Å². The fourth-order valence-corrected chi connectivity index (χ4v) is 3.67. The molecule has 3 rings (SSSR count). The summed E-state index contributed by atoms with van der Waals surface area (Å²) in [7, 11) is 0. The van der Waals surface area contributed by atoms with Gasteiger partial charge in [0.1, 0.15) is 6.33 Å². The van der Waals surface area contributed by atoms with E-state index in [-0.39, 0.29) is 43.6 Å². The summed E-state index contributed by atoms with van der Waals surface area (Å²) in [6, 6.07) is 0. The minimum atomic E-state index is -2.64. The number of piperidine rings is 2. The highest BCUT2D eigenvalue weighted by Crippen LogP contribution is 2.30. The average molecular weight is 370 g/mol. The number of carbonyl (C=O) groups is 1. The molecule has 2 saturated heterocycles. The molecule has 0 unspecified atom stereocenters. The van der Waals surface area contributed by atoms with E-state index in [4.69, 9.17) is 0 Å². The van der Waals surface area contributed by atoms with Crippen LogP contribution in [0.15, 0.2) is 6.33 Å². The van der Waals surface area contributed by atoms with Crippen molar-refractivity contribution in [3.63, 3.8) is 0 Å². The van der Waals surface area contributed by atoms with Gasteiger partial charge in [-0.2, -0.15) is 0 Å². The van der Waals surface area contributed by atoms with E-state index in [0.29, 0.717) is 37.4 Å². The van der Waals surface area contributed by atoms with Gasteiger partial charge in [0.2, 0.25) is 5.91 Å². The van der Waals surface area contributed by atoms with Gasteiger partial charge in [-0.1, -0.05) is 6.92 Å². The second-order valence-electron chi connectivity index (χ2n) is 7.18. The van der Waals surface area contributed by atoms with Crippen LogP contribution in [0.1, 0.15) is 44.7 Å². The third-order valence-corrected chi connectivity index (χ3v) is 5.40. The molecule has 0 aliphatic carbocycles. The topological polar surface area (TPSA) is 49.3 Å². The van der Waals surface area contributed by atoms with E-state index in [1.165, 1.54) is 6.33 Å². The molecule has 5 nitrogen and oxygen atoms in total. The van der Waals surface area contributed by atoms with Gasteiger partial charge in [0.25, 0.3) is 5.92 Å². The van der Waals surface area contributed by atoms with Crippen molar-refractivity contribution in [3.8, 4) is 0 Å². The molecule has 0 spiro atoms. The monoisotopic (exact) mass is 370 g/mol. The van der Waals surface area contributed by atoms with Gasteiger partial charge in [0, 0.05) is 45.4 Å². The van der Waals surface area contributed by atoms with Crippen LogP contribution < -0.4 is 4.90 Å². The third-order valence-electron chi connectivity index (χ3n) is 5.40. The number of amides is 1. The molecule has 0 N–H and O–H groups in total. The fourth-order valence-electron chi connectivity index (χ4n) is 3.67. The van der Waals surface area contributed by atoms with Crippen molar-refractivity contribution in [2.24, 2.45) is 5.92 Å². The Balaban J connectivity index is 1.51. The molecule has 8 heteroatoms. The Morgan fingerprint density at radius 3 is 2.46 bits per heavy atom. The summed E-state index contributed by atoms with van der Waals surface area (Å²) in [5.74, 6) is -2.50. The smallest absolute Gasteiger partial charge is 0.251 e. The van der Waals surface area contributed by atoms with Gasteiger partial charge in [-0.05, 0) is 25.2 Å². The van der Waals surface area contributed by atoms with E-state index in [2.05, 4.69) is 9.97 Å². The predicted molar refractivity (Wildman–Crippen MR) is 91.7 cm³/mol. The summed E-state index contributed by atoms with van der Waals surface area (Å²) in [4.78, 5) is 23.8. The van der Waals surface area contributed by atoms with Gasteiger partial charge in [-0.15, -0.1) is 0 Å². The zero-order chi connectivity index (χ0) is 18.7. The van der Waals surface area contributed by atoms with Crippen molar-refractivity contribution in [1.29, 1.82) is 0 Å². The first-order valence-corrected chi connectivity index (χ1v) is 9.29. The van der Waals surface area contributed by atoms with Crippen LogP contribution in [0.2, 0.25) is 0 Å². The number of hydrogen-bond donors (Lipinski definition) is 0. The number of rotatable bonds is 4. The maximum Gasteiger partial charge on any atom is 0.251 e. The second-order valence-corrected chi connectivity index (χ2v) is 7.18. The molecule has 0 aromatic carbocycles. The SMILES string of the molecule is CCc1ncnc(N2CCC(CC(=O)N3CCC(F)(F)CC3)CC2)c1F. The lowest BCUT2D eigenvalue weighted by molar-refractivity contribution is -0.138. The molecule has 3 heterocycles. The molecule has 2 aliphatic heterocycles. The van der Waals surface area contributed by atoms with Gasteiger partial charge in [0.05, 0.1) is 5.69 Å². The van der Waals surface area contributed by atoms with Crippen LogP contribution in [-0.2, 0) is 11.2 Å². The molecule has 0 bridgehead atoms. The Morgan fingerprint density at radius 1 is 1.19 bits per heavy atom. The van der Waals surface area contributed by atoms with Crippen molar-refractivity contribution in [3.05, 3.63) is 17.8 Å². The van der Waals surface area contributed by atoms with Gasteiger partial charge < -0.3 is 9.80 Å². The first-order valence-electron chi connectivity index (χ1n) is 9.29. The Hall–Kier alpha value is -1.86. The first kappa shape index (κ1) is 18.9. The largest absolute Gasteiger partial charge is 0.354 e. The number of alkyl halides is 2. The Labute approximate surface area is 151 Å². The summed E-state index contributed by atoms with van der Waals surface area (Å²) >= 11 is 0. The van der Waals surface area contributed by atoms with E-state index in [0.717, 1.165) is 12.8 Å². The van der Waals surface area contributed by atoms with Crippen molar-refractivity contribution < 1.29 is 18.0 Å². The molecule has 1 amide bonds. The molecular weight excluding hydrogens is 345 g/mol. The number of aromatic nitrogens is 2. The number of hydrogen-bond acceptors (Lipinski definition) is 4. The predicted octanol–water partition coefficient (Wildman–Crippen LogP) is 3.04. The first-order chi connectivity index (χ1) is 12.4. The van der Waals surface area contributed by atoms with Crippen LogP contribution in [0.5, 0.6) is 0 Å². The fraction of sp³-hybridized carbons (Fsp3) is 0.722. The normalized spacial score (nSPS) is 21.1. The summed E-state index contributed by atoms with van der Waals surface area (Å²) in [6.07, 6.45) is 3.32. The lowest BCUT2D eigenvalue weighted by Gasteiger charge is -2.35. The molecule has 0 saturated carbocycles. The van der Waals surface area contributed by atoms with Gasteiger partial charge in [-0.25, -0.2) is 23.1 Å². The van der Waals surface area contributed by atoms with Gasteiger partial charge in [0.15, 0.2) is 11.6 Å². The zero-order valence-corrected chi connectivity index (χ0v) is 15.1. The molecule has 1 aromatic heterocycles. The van der Waals surface area contributed by atoms with Crippen LogP contribution >= 0.6 is 0 Å². The van der Waals surface area contributed by atoms with Crippen molar-refractivity contribution in [1.82, 2.24) is 14.9 Å². The number of likely N-dealkylation sites (tertiary alicyclic amines) is 1. The molecule has 2 fully saturated rings. The van der Waals surface area contributed by atoms with Crippen molar-refractivity contribution >= 4 is 11.7 Å². The van der Waals surface area contributed by atoms with Crippen LogP contribution in [0.4, 0.5) is 19.0 Å². The molecule has 0 atom stereocenters. The number of halogens is 3. The van der Waals surface area contributed by atoms with Gasteiger partial charge in [-0.3, -0.25) is 4.79 Å². The minimum absolute atomic E-state index is 0.0413. The number of aryl methyl sites for hydroxylation is 1. The highest BCUT2D eigenvalue weighted by Gasteiger charge is 2.36. The van der Waals surface area contributed by atoms with E-state index in [1.807, 2.05) is 11.8 Å². The summed E-state index contributed by atoms with van der Waals surface area (Å²) in [5, 5.41) is 0. The average Bonchev–Trinajstić information content (AvgIpc) is 2.62.